The van der Waals surface area contributed by atoms with E-state index in [0.29, 0.717) is 6.07 Å². The van der Waals surface area contributed by atoms with Crippen LogP contribution in [0.15, 0.2) is 36.4 Å². The van der Waals surface area contributed by atoms with Gasteiger partial charge in [0.1, 0.15) is 11.5 Å². The zero-order chi connectivity index (χ0) is 23.3. The summed E-state index contributed by atoms with van der Waals surface area (Å²) in [7, 11) is 1.14. The molecule has 2 rings (SSSR count). The number of nitro groups is 1. The second-order valence-electron chi connectivity index (χ2n) is 6.30. The smallest absolute Gasteiger partial charge is 0.416 e. The summed E-state index contributed by atoms with van der Waals surface area (Å²) in [6.45, 7) is 3.19. The van der Waals surface area contributed by atoms with Crippen LogP contribution in [0.3, 0.4) is 0 Å². The summed E-state index contributed by atoms with van der Waals surface area (Å²) in [6, 6.07) is 5.75. The molecule has 0 aliphatic carbocycles. The fourth-order valence-electron chi connectivity index (χ4n) is 2.29. The quantitative estimate of drug-likeness (QED) is 0.225. The third-order valence-corrected chi connectivity index (χ3v) is 3.90. The zero-order valence-electron chi connectivity index (χ0n) is 16.4. The molecule has 0 fully saturated rings. The molecule has 0 radical (unpaired) electrons. The van der Waals surface area contributed by atoms with Gasteiger partial charge < -0.3 is 18.9 Å². The number of nitro benzene ring substituents is 1. The van der Waals surface area contributed by atoms with Crippen LogP contribution in [0.2, 0.25) is 5.02 Å². The van der Waals surface area contributed by atoms with Gasteiger partial charge in [0.15, 0.2) is 0 Å². The summed E-state index contributed by atoms with van der Waals surface area (Å²) in [4.78, 5) is 22.6. The molecule has 1 atom stereocenters. The maximum absolute atomic E-state index is 12.8. The molecule has 0 saturated heterocycles. The fourth-order valence-corrected chi connectivity index (χ4v) is 2.50. The van der Waals surface area contributed by atoms with E-state index in [9.17, 15) is 28.1 Å². The molecule has 0 spiro atoms. The zero-order valence-corrected chi connectivity index (χ0v) is 17.2. The lowest BCUT2D eigenvalue weighted by molar-refractivity contribution is -0.386. The van der Waals surface area contributed by atoms with Gasteiger partial charge in [0.25, 0.3) is 6.29 Å². The Morgan fingerprint density at radius 1 is 1.13 bits per heavy atom. The summed E-state index contributed by atoms with van der Waals surface area (Å²) < 4.78 is 58.9. The van der Waals surface area contributed by atoms with E-state index in [4.69, 9.17) is 30.5 Å². The third kappa shape index (κ3) is 6.46. The van der Waals surface area contributed by atoms with Crippen molar-refractivity contribution in [1.82, 2.24) is 0 Å². The van der Waals surface area contributed by atoms with Gasteiger partial charge in [-0.15, -0.1) is 0 Å². The first-order valence-electron chi connectivity index (χ1n) is 8.65. The Hall–Kier alpha value is -3.05. The molecule has 31 heavy (non-hydrogen) atoms. The van der Waals surface area contributed by atoms with Crippen molar-refractivity contribution in [2.45, 2.75) is 32.4 Å². The van der Waals surface area contributed by atoms with Crippen molar-refractivity contribution in [2.24, 2.45) is 0 Å². The van der Waals surface area contributed by atoms with Crippen molar-refractivity contribution in [3.8, 4) is 17.2 Å². The van der Waals surface area contributed by atoms with Crippen LogP contribution in [0.5, 0.6) is 17.2 Å². The first-order valence-corrected chi connectivity index (χ1v) is 9.03. The molecular formula is C19H17ClF3NO7. The Balaban J connectivity index is 2.33. The van der Waals surface area contributed by atoms with Gasteiger partial charge in [-0.25, -0.2) is 4.79 Å². The Morgan fingerprint density at radius 2 is 1.81 bits per heavy atom. The molecule has 0 amide bonds. The number of carbonyl (C=O) groups excluding carboxylic acids is 1. The van der Waals surface area contributed by atoms with E-state index in [1.165, 1.54) is 6.07 Å². The number of esters is 1. The fraction of sp³-hybridized carbons (Fsp3) is 0.316. The average Bonchev–Trinajstić information content (AvgIpc) is 2.66. The predicted molar refractivity (Wildman–Crippen MR) is 102 cm³/mol. The van der Waals surface area contributed by atoms with E-state index < -0.39 is 46.5 Å². The minimum Gasteiger partial charge on any atom is -0.458 e. The largest absolute Gasteiger partial charge is 0.458 e. The normalized spacial score (nSPS) is 12.4. The van der Waals surface area contributed by atoms with Gasteiger partial charge >= 0.3 is 17.8 Å². The van der Waals surface area contributed by atoms with E-state index in [1.807, 2.05) is 0 Å². The molecule has 0 bridgehead atoms. The number of hydrogen-bond acceptors (Lipinski definition) is 7. The van der Waals surface area contributed by atoms with Crippen LogP contribution in [-0.4, -0.2) is 30.4 Å². The lowest BCUT2D eigenvalue weighted by Crippen LogP contribution is -2.33. The highest BCUT2D eigenvalue weighted by molar-refractivity contribution is 6.32. The van der Waals surface area contributed by atoms with Crippen LogP contribution < -0.4 is 9.47 Å². The summed E-state index contributed by atoms with van der Waals surface area (Å²) in [5, 5.41) is 11.0. The highest BCUT2D eigenvalue weighted by atomic mass is 35.5. The van der Waals surface area contributed by atoms with Gasteiger partial charge in [0.2, 0.25) is 5.75 Å². The Kier molecular flexibility index (Phi) is 7.69. The molecule has 1 unspecified atom stereocenters. The Labute approximate surface area is 179 Å². The van der Waals surface area contributed by atoms with E-state index in [-0.39, 0.29) is 16.5 Å². The van der Waals surface area contributed by atoms with Crippen molar-refractivity contribution in [3.63, 3.8) is 0 Å². The van der Waals surface area contributed by atoms with Crippen LogP contribution in [-0.2, 0) is 20.4 Å². The number of rotatable bonds is 8. The average molecular weight is 464 g/mol. The first-order chi connectivity index (χ1) is 14.4. The van der Waals surface area contributed by atoms with Crippen LogP contribution in [0.1, 0.15) is 19.4 Å². The lowest BCUT2D eigenvalue weighted by atomic mass is 10.2. The topological polar surface area (TPSA) is 97.1 Å². The van der Waals surface area contributed by atoms with Crippen molar-refractivity contribution in [1.29, 1.82) is 0 Å². The van der Waals surface area contributed by atoms with Crippen molar-refractivity contribution >= 4 is 23.3 Å². The molecule has 0 aliphatic rings. The van der Waals surface area contributed by atoms with Crippen molar-refractivity contribution in [2.75, 3.05) is 7.11 Å². The number of benzene rings is 2. The number of halogens is 4. The number of ether oxygens (including phenoxy) is 4. The molecule has 168 valence electrons. The summed E-state index contributed by atoms with van der Waals surface area (Å²) in [5.74, 6) is -1.48. The number of hydrogen-bond donors (Lipinski definition) is 0. The molecule has 2 aromatic carbocycles. The molecule has 12 heteroatoms. The van der Waals surface area contributed by atoms with Gasteiger partial charge in [-0.3, -0.25) is 10.1 Å². The molecule has 0 N–H and O–H groups in total. The monoisotopic (exact) mass is 463 g/mol. The summed E-state index contributed by atoms with van der Waals surface area (Å²) in [5.41, 5.74) is -1.48. The van der Waals surface area contributed by atoms with Gasteiger partial charge in [-0.05, 0) is 38.1 Å². The standard InChI is InChI=1S/C19H17ClF3NO7/c1-10(2)29-17(25)18(28-3)31-16-9-12(5-6-14(16)24(26)27)30-15-7-4-11(8-13(15)20)19(21,22)23/h4-10,18H,1-3H3. The molecular weight excluding hydrogens is 447 g/mol. The number of alkyl halides is 3. The molecule has 0 saturated carbocycles. The van der Waals surface area contributed by atoms with Crippen LogP contribution in [0, 0.1) is 10.1 Å². The van der Waals surface area contributed by atoms with Gasteiger partial charge in [-0.2, -0.15) is 13.2 Å². The van der Waals surface area contributed by atoms with E-state index in [0.717, 1.165) is 31.4 Å². The second kappa shape index (κ2) is 9.84. The van der Waals surface area contributed by atoms with Crippen LogP contribution in [0.4, 0.5) is 18.9 Å². The van der Waals surface area contributed by atoms with Crippen molar-refractivity contribution < 1.29 is 41.8 Å². The van der Waals surface area contributed by atoms with E-state index >= 15 is 0 Å². The summed E-state index contributed by atoms with van der Waals surface area (Å²) in [6.07, 6.45) is -6.68. The van der Waals surface area contributed by atoms with Crippen LogP contribution >= 0.6 is 11.6 Å². The molecule has 0 aromatic heterocycles. The number of methoxy groups -OCH3 is 1. The lowest BCUT2D eigenvalue weighted by Gasteiger charge is -2.18. The number of carbonyl (C=O) groups is 1. The maximum Gasteiger partial charge on any atom is 0.416 e. The second-order valence-corrected chi connectivity index (χ2v) is 6.71. The van der Waals surface area contributed by atoms with Gasteiger partial charge in [-0.1, -0.05) is 11.6 Å². The molecule has 8 nitrogen and oxygen atoms in total. The molecule has 0 aliphatic heterocycles. The number of nitrogens with zero attached hydrogens (tertiary/aromatic N) is 1. The minimum absolute atomic E-state index is 0.0469. The first kappa shape index (κ1) is 24.2. The molecule has 0 heterocycles. The predicted octanol–water partition coefficient (Wildman–Crippen LogP) is 5.36. The Bertz CT molecular complexity index is 966. The summed E-state index contributed by atoms with van der Waals surface area (Å²) >= 11 is 5.86. The highest BCUT2D eigenvalue weighted by Crippen LogP contribution is 2.38. The van der Waals surface area contributed by atoms with E-state index in [2.05, 4.69) is 0 Å². The minimum atomic E-state index is -4.59. The SMILES string of the molecule is COC(Oc1cc(Oc2ccc(C(F)(F)F)cc2Cl)ccc1[N+](=O)[O-])C(=O)OC(C)C. The maximum atomic E-state index is 12.8. The van der Waals surface area contributed by atoms with Gasteiger partial charge in [0, 0.05) is 19.2 Å². The van der Waals surface area contributed by atoms with Crippen molar-refractivity contribution in [3.05, 3.63) is 57.1 Å². The Morgan fingerprint density at radius 3 is 2.32 bits per heavy atom. The molecule has 2 aromatic rings. The van der Waals surface area contributed by atoms with E-state index in [1.54, 1.807) is 13.8 Å². The van der Waals surface area contributed by atoms with Gasteiger partial charge in [0.05, 0.1) is 21.6 Å². The highest BCUT2D eigenvalue weighted by Gasteiger charge is 2.31. The third-order valence-electron chi connectivity index (χ3n) is 3.61. The van der Waals surface area contributed by atoms with Crippen LogP contribution in [0.25, 0.3) is 0 Å².